The van der Waals surface area contributed by atoms with Crippen molar-refractivity contribution in [1.82, 2.24) is 0 Å². The molecule has 0 rings (SSSR count). The Morgan fingerprint density at radius 3 is 2.38 bits per heavy atom. The third kappa shape index (κ3) is 3.55. The van der Waals surface area contributed by atoms with Gasteiger partial charge in [-0.3, -0.25) is 4.79 Å². The van der Waals surface area contributed by atoms with Crippen LogP contribution >= 0.6 is 0 Å². The van der Waals surface area contributed by atoms with Crippen LogP contribution in [0.2, 0.25) is 0 Å². The fourth-order valence-corrected chi connectivity index (χ4v) is 0.603. The summed E-state index contributed by atoms with van der Waals surface area (Å²) in [6.45, 7) is 4.96. The van der Waals surface area contributed by atoms with E-state index in [0.29, 0.717) is 6.61 Å². The molecule has 0 spiro atoms. The fraction of sp³-hybridized carbons (Fsp3) is 0.778. The lowest BCUT2D eigenvalue weighted by molar-refractivity contribution is -0.152. The fourth-order valence-electron chi connectivity index (χ4n) is 0.603. The van der Waals surface area contributed by atoms with E-state index >= 15 is 0 Å². The molecule has 0 aromatic heterocycles. The van der Waals surface area contributed by atoms with Gasteiger partial charge in [0.15, 0.2) is 11.3 Å². The molecule has 2 N–H and O–H groups in total. The Labute approximate surface area is 78.4 Å². The Morgan fingerprint density at radius 2 is 2.00 bits per heavy atom. The molecule has 0 heterocycles. The Bertz CT molecular complexity index is 199. The van der Waals surface area contributed by atoms with Gasteiger partial charge in [0.2, 0.25) is 0 Å². The maximum atomic E-state index is 11.2. The summed E-state index contributed by atoms with van der Waals surface area (Å²) in [5.41, 5.74) is 3.97. The standard InChI is InChI=1S/C9H17NO3/c1-4-5-6-13-8(12)9(3,10)7(2)11/h4-6,10H2,1-3H3. The largest absolute Gasteiger partial charge is 0.464 e. The van der Waals surface area contributed by atoms with Crippen molar-refractivity contribution < 1.29 is 14.3 Å². The molecular formula is C9H17NO3. The zero-order chi connectivity index (χ0) is 10.5. The third-order valence-corrected chi connectivity index (χ3v) is 1.89. The SMILES string of the molecule is CCCCOC(=O)C(C)(N)C(C)=O. The number of hydrogen-bond donors (Lipinski definition) is 1. The molecule has 76 valence electrons. The van der Waals surface area contributed by atoms with Crippen molar-refractivity contribution in [3.8, 4) is 0 Å². The molecular weight excluding hydrogens is 170 g/mol. The molecule has 1 unspecified atom stereocenters. The molecule has 0 aliphatic carbocycles. The van der Waals surface area contributed by atoms with E-state index in [1.165, 1.54) is 13.8 Å². The molecule has 0 aliphatic rings. The second kappa shape index (κ2) is 4.97. The lowest BCUT2D eigenvalue weighted by atomic mass is 10.00. The number of carbonyl (C=O) groups excluding carboxylic acids is 2. The number of Topliss-reactive ketones (excluding diaryl/α,β-unsaturated/α-hetero) is 1. The van der Waals surface area contributed by atoms with Gasteiger partial charge in [0.1, 0.15) is 0 Å². The van der Waals surface area contributed by atoms with Crippen LogP contribution in [0.3, 0.4) is 0 Å². The summed E-state index contributed by atoms with van der Waals surface area (Å²) in [5, 5.41) is 0. The Kier molecular flexibility index (Phi) is 4.62. The van der Waals surface area contributed by atoms with Crippen LogP contribution in [0.5, 0.6) is 0 Å². The minimum Gasteiger partial charge on any atom is -0.464 e. The van der Waals surface area contributed by atoms with Crippen LogP contribution in [-0.4, -0.2) is 23.9 Å². The van der Waals surface area contributed by atoms with E-state index in [2.05, 4.69) is 0 Å². The van der Waals surface area contributed by atoms with Crippen molar-refractivity contribution in [2.75, 3.05) is 6.61 Å². The van der Waals surface area contributed by atoms with E-state index in [-0.39, 0.29) is 5.78 Å². The zero-order valence-corrected chi connectivity index (χ0v) is 8.42. The first-order chi connectivity index (χ1) is 5.92. The van der Waals surface area contributed by atoms with Crippen LogP contribution in [-0.2, 0) is 14.3 Å². The molecule has 0 saturated heterocycles. The summed E-state index contributed by atoms with van der Waals surface area (Å²) in [6.07, 6.45) is 1.73. The van der Waals surface area contributed by atoms with Crippen molar-refractivity contribution in [2.24, 2.45) is 5.73 Å². The molecule has 0 bridgehead atoms. The highest BCUT2D eigenvalue weighted by Gasteiger charge is 2.35. The molecule has 4 nitrogen and oxygen atoms in total. The number of unbranched alkanes of at least 4 members (excludes halogenated alkanes) is 1. The molecule has 0 saturated carbocycles. The summed E-state index contributed by atoms with van der Waals surface area (Å²) in [5.74, 6) is -1.03. The molecule has 0 amide bonds. The van der Waals surface area contributed by atoms with E-state index < -0.39 is 11.5 Å². The van der Waals surface area contributed by atoms with Gasteiger partial charge in [-0.2, -0.15) is 0 Å². The summed E-state index contributed by atoms with van der Waals surface area (Å²) < 4.78 is 4.82. The van der Waals surface area contributed by atoms with E-state index in [0.717, 1.165) is 12.8 Å². The van der Waals surface area contributed by atoms with Crippen molar-refractivity contribution in [3.05, 3.63) is 0 Å². The van der Waals surface area contributed by atoms with Crippen LogP contribution in [0.25, 0.3) is 0 Å². The lowest BCUT2D eigenvalue weighted by Crippen LogP contribution is -2.52. The van der Waals surface area contributed by atoms with Crippen molar-refractivity contribution in [1.29, 1.82) is 0 Å². The van der Waals surface area contributed by atoms with Crippen LogP contribution in [0.4, 0.5) is 0 Å². The topological polar surface area (TPSA) is 69.4 Å². The Balaban J connectivity index is 4.03. The van der Waals surface area contributed by atoms with E-state index in [9.17, 15) is 9.59 Å². The molecule has 13 heavy (non-hydrogen) atoms. The number of esters is 1. The molecule has 0 radical (unpaired) electrons. The van der Waals surface area contributed by atoms with Gasteiger partial charge in [-0.15, -0.1) is 0 Å². The maximum Gasteiger partial charge on any atom is 0.333 e. The highest BCUT2D eigenvalue weighted by Crippen LogP contribution is 2.04. The summed E-state index contributed by atoms with van der Waals surface area (Å²) in [4.78, 5) is 22.1. The Morgan fingerprint density at radius 1 is 1.46 bits per heavy atom. The van der Waals surface area contributed by atoms with Gasteiger partial charge in [0, 0.05) is 0 Å². The highest BCUT2D eigenvalue weighted by atomic mass is 16.5. The van der Waals surface area contributed by atoms with Crippen LogP contribution < -0.4 is 5.73 Å². The summed E-state index contributed by atoms with van der Waals surface area (Å²) in [7, 11) is 0. The molecule has 0 aromatic carbocycles. The first-order valence-electron chi connectivity index (χ1n) is 4.40. The summed E-state index contributed by atoms with van der Waals surface area (Å²) >= 11 is 0. The normalized spacial score (nSPS) is 14.8. The van der Waals surface area contributed by atoms with Gasteiger partial charge < -0.3 is 10.5 Å². The van der Waals surface area contributed by atoms with Gasteiger partial charge in [0.05, 0.1) is 6.61 Å². The second-order valence-corrected chi connectivity index (χ2v) is 3.25. The molecule has 0 aliphatic heterocycles. The zero-order valence-electron chi connectivity index (χ0n) is 8.42. The van der Waals surface area contributed by atoms with E-state index in [4.69, 9.17) is 10.5 Å². The molecule has 1 atom stereocenters. The Hall–Kier alpha value is -0.900. The van der Waals surface area contributed by atoms with Crippen LogP contribution in [0, 0.1) is 0 Å². The minimum absolute atomic E-state index is 0.329. The quantitative estimate of drug-likeness (QED) is 0.389. The predicted octanol–water partition coefficient (Wildman–Crippen LogP) is 0.636. The average molecular weight is 187 g/mol. The predicted molar refractivity (Wildman–Crippen MR) is 49.1 cm³/mol. The number of rotatable bonds is 5. The van der Waals surface area contributed by atoms with Crippen LogP contribution in [0.15, 0.2) is 0 Å². The smallest absolute Gasteiger partial charge is 0.333 e. The third-order valence-electron chi connectivity index (χ3n) is 1.89. The monoisotopic (exact) mass is 187 g/mol. The first kappa shape index (κ1) is 12.1. The highest BCUT2D eigenvalue weighted by molar-refractivity contribution is 6.06. The van der Waals surface area contributed by atoms with E-state index in [1.54, 1.807) is 0 Å². The number of nitrogens with two attached hydrogens (primary N) is 1. The van der Waals surface area contributed by atoms with Gasteiger partial charge in [-0.1, -0.05) is 13.3 Å². The molecule has 0 fully saturated rings. The lowest BCUT2D eigenvalue weighted by Gasteiger charge is -2.18. The van der Waals surface area contributed by atoms with Gasteiger partial charge in [-0.05, 0) is 20.3 Å². The average Bonchev–Trinajstić information content (AvgIpc) is 2.04. The second-order valence-electron chi connectivity index (χ2n) is 3.25. The first-order valence-corrected chi connectivity index (χ1v) is 4.40. The number of ether oxygens (including phenoxy) is 1. The van der Waals surface area contributed by atoms with Crippen molar-refractivity contribution >= 4 is 11.8 Å². The van der Waals surface area contributed by atoms with Gasteiger partial charge in [-0.25, -0.2) is 4.79 Å². The van der Waals surface area contributed by atoms with Crippen LogP contribution in [0.1, 0.15) is 33.6 Å². The number of hydrogen-bond acceptors (Lipinski definition) is 4. The maximum absolute atomic E-state index is 11.2. The van der Waals surface area contributed by atoms with E-state index in [1.807, 2.05) is 6.92 Å². The molecule has 0 aromatic rings. The minimum atomic E-state index is -1.49. The number of ketones is 1. The molecule has 4 heteroatoms. The van der Waals surface area contributed by atoms with Crippen molar-refractivity contribution in [2.45, 2.75) is 39.2 Å². The number of carbonyl (C=O) groups is 2. The van der Waals surface area contributed by atoms with Gasteiger partial charge >= 0.3 is 5.97 Å². The van der Waals surface area contributed by atoms with Gasteiger partial charge in [0.25, 0.3) is 0 Å². The summed E-state index contributed by atoms with van der Waals surface area (Å²) in [6, 6.07) is 0. The van der Waals surface area contributed by atoms with Crippen molar-refractivity contribution in [3.63, 3.8) is 0 Å².